The summed E-state index contributed by atoms with van der Waals surface area (Å²) in [5.41, 5.74) is 1.11. The van der Waals surface area contributed by atoms with Gasteiger partial charge in [0.2, 0.25) is 15.0 Å². The Morgan fingerprint density at radius 2 is 1.97 bits per heavy atom. The van der Waals surface area contributed by atoms with Gasteiger partial charge in [0, 0.05) is 4.88 Å². The zero-order valence-electron chi connectivity index (χ0n) is 17.2. The predicted molar refractivity (Wildman–Crippen MR) is 120 cm³/mol. The molecule has 0 spiro atoms. The highest BCUT2D eigenvalue weighted by Gasteiger charge is 2.29. The number of amides is 1. The molecule has 2 heterocycles. The largest absolute Gasteiger partial charge is 0.465 e. The quantitative estimate of drug-likeness (QED) is 0.396. The molecule has 0 atom stereocenters. The molecule has 0 fully saturated rings. The highest BCUT2D eigenvalue weighted by atomic mass is 35.5. The molecule has 0 unspecified atom stereocenters. The third-order valence-corrected chi connectivity index (χ3v) is 7.97. The zero-order valence-corrected chi connectivity index (χ0v) is 19.6. The van der Waals surface area contributed by atoms with Crippen LogP contribution < -0.4 is 5.32 Å². The lowest BCUT2D eigenvalue weighted by Gasteiger charge is -2.09. The van der Waals surface area contributed by atoms with Crippen molar-refractivity contribution < 1.29 is 27.1 Å². The number of esters is 1. The van der Waals surface area contributed by atoms with Crippen LogP contribution in [0.2, 0.25) is 5.02 Å². The third-order valence-electron chi connectivity index (χ3n) is 5.02. The Bertz CT molecular complexity index is 1360. The van der Waals surface area contributed by atoms with Gasteiger partial charge in [0.25, 0.3) is 5.91 Å². The monoisotopic (exact) mass is 509 g/mol. The standard InChI is InChI=1S/C21H17ClFN3O5S2/c1-31-20(28)16-13-3-2-4-15(13)32-19(16)26-18(27)17-14(22)9-24-21(25-17)33(29,30)10-11-5-7-12(23)8-6-11/h5-9H,2-4,10H2,1H3,(H,26,27). The van der Waals surface area contributed by atoms with Crippen LogP contribution in [0.25, 0.3) is 0 Å². The van der Waals surface area contributed by atoms with Gasteiger partial charge in [-0.05, 0) is 42.5 Å². The summed E-state index contributed by atoms with van der Waals surface area (Å²) in [7, 11) is -2.79. The number of nitrogens with zero attached hydrogens (tertiary/aromatic N) is 2. The maximum Gasteiger partial charge on any atom is 0.341 e. The SMILES string of the molecule is COC(=O)c1c(NC(=O)c2nc(S(=O)(=O)Cc3ccc(F)cc3)ncc2Cl)sc2c1CCC2. The van der Waals surface area contributed by atoms with Crippen molar-refractivity contribution in [3.63, 3.8) is 0 Å². The molecule has 1 N–H and O–H groups in total. The van der Waals surface area contributed by atoms with Gasteiger partial charge >= 0.3 is 5.97 Å². The van der Waals surface area contributed by atoms with E-state index in [4.69, 9.17) is 16.3 Å². The van der Waals surface area contributed by atoms with Gasteiger partial charge in [0.15, 0.2) is 5.69 Å². The van der Waals surface area contributed by atoms with E-state index in [0.29, 0.717) is 17.0 Å². The van der Waals surface area contributed by atoms with Crippen LogP contribution in [0.3, 0.4) is 0 Å². The van der Waals surface area contributed by atoms with E-state index in [1.165, 1.54) is 30.6 Å². The number of aromatic nitrogens is 2. The van der Waals surface area contributed by atoms with Gasteiger partial charge in [-0.25, -0.2) is 27.6 Å². The lowest BCUT2D eigenvalue weighted by Crippen LogP contribution is -2.19. The average molecular weight is 510 g/mol. The third kappa shape index (κ3) is 4.75. The molecule has 0 saturated heterocycles. The zero-order chi connectivity index (χ0) is 23.8. The van der Waals surface area contributed by atoms with Gasteiger partial charge in [0.05, 0.1) is 29.6 Å². The summed E-state index contributed by atoms with van der Waals surface area (Å²) in [5.74, 6) is -2.34. The van der Waals surface area contributed by atoms with Crippen LogP contribution in [-0.4, -0.2) is 37.4 Å². The van der Waals surface area contributed by atoms with Crippen molar-refractivity contribution in [2.24, 2.45) is 0 Å². The first-order chi connectivity index (χ1) is 15.7. The molecule has 2 aromatic heterocycles. The number of ether oxygens (including phenoxy) is 1. The molecule has 172 valence electrons. The fourth-order valence-corrected chi connectivity index (χ4v) is 6.15. The molecule has 33 heavy (non-hydrogen) atoms. The van der Waals surface area contributed by atoms with Crippen molar-refractivity contribution in [2.45, 2.75) is 30.2 Å². The first-order valence-electron chi connectivity index (χ1n) is 9.73. The molecule has 0 saturated carbocycles. The number of benzene rings is 1. The number of hydrogen-bond acceptors (Lipinski definition) is 8. The second kappa shape index (κ2) is 9.16. The number of hydrogen-bond donors (Lipinski definition) is 1. The van der Waals surface area contributed by atoms with Crippen molar-refractivity contribution in [1.29, 1.82) is 0 Å². The molecule has 1 aliphatic rings. The molecule has 1 aromatic carbocycles. The lowest BCUT2D eigenvalue weighted by molar-refractivity contribution is 0.0601. The summed E-state index contributed by atoms with van der Waals surface area (Å²) in [6.07, 6.45) is 3.43. The van der Waals surface area contributed by atoms with E-state index in [9.17, 15) is 22.4 Å². The number of rotatable bonds is 6. The van der Waals surface area contributed by atoms with Crippen LogP contribution in [0.1, 0.15) is 43.3 Å². The van der Waals surface area contributed by atoms with Crippen molar-refractivity contribution in [3.8, 4) is 0 Å². The van der Waals surface area contributed by atoms with E-state index < -0.39 is 38.4 Å². The van der Waals surface area contributed by atoms with Crippen molar-refractivity contribution in [1.82, 2.24) is 9.97 Å². The first-order valence-corrected chi connectivity index (χ1v) is 12.6. The molecule has 12 heteroatoms. The van der Waals surface area contributed by atoms with Crippen molar-refractivity contribution >= 4 is 49.7 Å². The maximum atomic E-state index is 13.1. The molecule has 0 radical (unpaired) electrons. The molecule has 0 aliphatic heterocycles. The predicted octanol–water partition coefficient (Wildman–Crippen LogP) is 3.83. The van der Waals surface area contributed by atoms with E-state index in [1.807, 2.05) is 0 Å². The summed E-state index contributed by atoms with van der Waals surface area (Å²) in [4.78, 5) is 33.9. The Morgan fingerprint density at radius 1 is 1.24 bits per heavy atom. The van der Waals surface area contributed by atoms with Crippen LogP contribution in [0.4, 0.5) is 9.39 Å². The number of carbonyl (C=O) groups excluding carboxylic acids is 2. The molecular weight excluding hydrogens is 493 g/mol. The van der Waals surface area contributed by atoms with Gasteiger partial charge in [-0.2, -0.15) is 0 Å². The number of nitrogens with one attached hydrogen (secondary N) is 1. The molecular formula is C21H17ClFN3O5S2. The fourth-order valence-electron chi connectivity index (χ4n) is 3.50. The number of halogens is 2. The number of aryl methyl sites for hydroxylation is 1. The smallest absolute Gasteiger partial charge is 0.341 e. The maximum absolute atomic E-state index is 13.1. The number of methoxy groups -OCH3 is 1. The molecule has 3 aromatic rings. The molecule has 1 amide bonds. The van der Waals surface area contributed by atoms with E-state index in [1.54, 1.807) is 0 Å². The highest BCUT2D eigenvalue weighted by Crippen LogP contribution is 2.39. The Kier molecular flexibility index (Phi) is 6.46. The summed E-state index contributed by atoms with van der Waals surface area (Å²) < 4.78 is 43.5. The first kappa shape index (κ1) is 23.3. The van der Waals surface area contributed by atoms with E-state index in [2.05, 4.69) is 15.3 Å². The summed E-state index contributed by atoms with van der Waals surface area (Å²) in [6.45, 7) is 0. The van der Waals surface area contributed by atoms with Crippen LogP contribution >= 0.6 is 22.9 Å². The number of fused-ring (bicyclic) bond motifs is 1. The van der Waals surface area contributed by atoms with Crippen molar-refractivity contribution in [2.75, 3.05) is 12.4 Å². The lowest BCUT2D eigenvalue weighted by atomic mass is 10.1. The van der Waals surface area contributed by atoms with Crippen molar-refractivity contribution in [3.05, 3.63) is 68.6 Å². The molecule has 1 aliphatic carbocycles. The van der Waals surface area contributed by atoms with E-state index in [0.717, 1.165) is 41.6 Å². The Hall–Kier alpha value is -2.89. The van der Waals surface area contributed by atoms with Crippen LogP contribution in [-0.2, 0) is 33.2 Å². The number of carbonyl (C=O) groups is 2. The van der Waals surface area contributed by atoms with Gasteiger partial charge < -0.3 is 10.1 Å². The minimum Gasteiger partial charge on any atom is -0.465 e. The minimum atomic E-state index is -4.05. The number of anilines is 1. The summed E-state index contributed by atoms with van der Waals surface area (Å²) in [5, 5.41) is 2.16. The minimum absolute atomic E-state index is 0.156. The number of sulfone groups is 1. The second-order valence-corrected chi connectivity index (χ2v) is 10.6. The summed E-state index contributed by atoms with van der Waals surface area (Å²) in [6, 6.07) is 4.95. The van der Waals surface area contributed by atoms with Crippen LogP contribution in [0, 0.1) is 5.82 Å². The highest BCUT2D eigenvalue weighted by molar-refractivity contribution is 7.90. The normalized spacial score (nSPS) is 12.9. The Balaban J connectivity index is 1.63. The summed E-state index contributed by atoms with van der Waals surface area (Å²) >= 11 is 7.34. The average Bonchev–Trinajstić information content (AvgIpc) is 3.35. The van der Waals surface area contributed by atoms with E-state index >= 15 is 0 Å². The fraction of sp³-hybridized carbons (Fsp3) is 0.238. The van der Waals surface area contributed by atoms with Crippen LogP contribution in [0.5, 0.6) is 0 Å². The van der Waals surface area contributed by atoms with Gasteiger partial charge in [-0.15, -0.1) is 11.3 Å². The Labute approximate surface area is 197 Å². The molecule has 0 bridgehead atoms. The number of thiophene rings is 1. The van der Waals surface area contributed by atoms with Gasteiger partial charge in [-0.3, -0.25) is 4.79 Å². The topological polar surface area (TPSA) is 115 Å². The Morgan fingerprint density at radius 3 is 2.67 bits per heavy atom. The molecule has 4 rings (SSSR count). The van der Waals surface area contributed by atoms with Gasteiger partial charge in [-0.1, -0.05) is 23.7 Å². The van der Waals surface area contributed by atoms with E-state index in [-0.39, 0.29) is 16.3 Å². The van der Waals surface area contributed by atoms with Gasteiger partial charge in [0.1, 0.15) is 10.8 Å². The second-order valence-electron chi connectivity index (χ2n) is 7.24. The molecule has 8 nitrogen and oxygen atoms in total. The van der Waals surface area contributed by atoms with Crippen LogP contribution in [0.15, 0.2) is 35.6 Å².